The average molecular weight is 344 g/mol. The Morgan fingerprint density at radius 3 is 2.18 bits per heavy atom. The van der Waals surface area contributed by atoms with E-state index in [-0.39, 0.29) is 6.07 Å². The van der Waals surface area contributed by atoms with Crippen molar-refractivity contribution in [2.24, 2.45) is 5.92 Å². The lowest BCUT2D eigenvalue weighted by molar-refractivity contribution is -0.146. The van der Waals surface area contributed by atoms with Gasteiger partial charge in [0.05, 0.1) is 23.7 Å². The van der Waals surface area contributed by atoms with E-state index in [1.807, 2.05) is 0 Å². The molecule has 0 aliphatic carbocycles. The molecule has 1 aromatic rings. The summed E-state index contributed by atoms with van der Waals surface area (Å²) in [5, 5.41) is 17.5. The molecule has 0 saturated carbocycles. The van der Waals surface area contributed by atoms with Gasteiger partial charge in [0.15, 0.2) is 0 Å². The fourth-order valence-electron chi connectivity index (χ4n) is 1.38. The zero-order valence-electron chi connectivity index (χ0n) is 10.7. The minimum absolute atomic E-state index is 0.102. The number of carbonyl (C=O) groups excluding carboxylic acids is 1. The minimum atomic E-state index is -5.07. The van der Waals surface area contributed by atoms with E-state index in [0.29, 0.717) is 12.1 Å². The number of rotatable bonds is 5. The molecule has 0 fully saturated rings. The highest BCUT2D eigenvalue weighted by Crippen LogP contribution is 2.37. The average Bonchev–Trinajstić information content (AvgIpc) is 2.38. The summed E-state index contributed by atoms with van der Waals surface area (Å²) < 4.78 is 73.5. The number of ether oxygens (including phenoxy) is 1. The number of aliphatic hydroxyl groups is 2. The summed E-state index contributed by atoms with van der Waals surface area (Å²) >= 11 is 0. The van der Waals surface area contributed by atoms with Crippen molar-refractivity contribution in [1.82, 2.24) is 0 Å². The van der Waals surface area contributed by atoms with Crippen LogP contribution < -0.4 is 4.74 Å². The van der Waals surface area contributed by atoms with Crippen molar-refractivity contribution in [1.29, 1.82) is 0 Å². The van der Waals surface area contributed by atoms with Crippen LogP contribution >= 0.6 is 0 Å². The number of carbonyl (C=O) groups is 1. The quantitative estimate of drug-likeness (QED) is 0.403. The lowest BCUT2D eigenvalue weighted by Crippen LogP contribution is -2.27. The van der Waals surface area contributed by atoms with E-state index in [1.54, 1.807) is 0 Å². The fraction of sp³-hybridized carbons (Fsp3) is 0.364. The van der Waals surface area contributed by atoms with Gasteiger partial charge in [-0.25, -0.2) is 0 Å². The summed E-state index contributed by atoms with van der Waals surface area (Å²) in [7, 11) is -4.88. The van der Waals surface area contributed by atoms with Crippen molar-refractivity contribution in [3.63, 3.8) is 0 Å². The van der Waals surface area contributed by atoms with Crippen LogP contribution in [0.25, 0.3) is 0 Å². The molecule has 0 atom stereocenters. The van der Waals surface area contributed by atoms with Crippen molar-refractivity contribution < 1.29 is 45.9 Å². The Bertz CT molecular complexity index is 650. The van der Waals surface area contributed by atoms with Crippen LogP contribution in [0.15, 0.2) is 23.1 Å². The molecule has 124 valence electrons. The lowest BCUT2D eigenvalue weighted by atomic mass is 10.1. The van der Waals surface area contributed by atoms with Crippen molar-refractivity contribution in [2.75, 3.05) is 13.2 Å². The van der Waals surface area contributed by atoms with Gasteiger partial charge in [-0.05, 0) is 18.2 Å². The molecule has 0 spiro atoms. The molecule has 0 saturated heterocycles. The molecule has 7 nitrogen and oxygen atoms in total. The summed E-state index contributed by atoms with van der Waals surface area (Å²) in [6.45, 7) is -1.69. The molecule has 0 aliphatic rings. The first-order valence-corrected chi connectivity index (χ1v) is 7.07. The molecule has 1 aromatic carbocycles. The standard InChI is InChI=1S/C11H11F3O7S/c12-11(13,14)8-3-7(22(18,19)20)1-2-9(8)21-10(17)6(4-15)5-16/h1-3,6,15-16H,4-5H2,(H,18,19,20). The van der Waals surface area contributed by atoms with Gasteiger partial charge in [-0.1, -0.05) is 0 Å². The maximum Gasteiger partial charge on any atom is 0.420 e. The van der Waals surface area contributed by atoms with E-state index in [2.05, 4.69) is 4.74 Å². The highest BCUT2D eigenvalue weighted by atomic mass is 32.2. The molecule has 3 N–H and O–H groups in total. The normalized spacial score (nSPS) is 12.5. The predicted octanol–water partition coefficient (Wildman–Crippen LogP) is 0.458. The van der Waals surface area contributed by atoms with Crippen molar-refractivity contribution >= 4 is 16.1 Å². The second-order valence-electron chi connectivity index (χ2n) is 4.11. The third-order valence-corrected chi connectivity index (χ3v) is 3.39. The Morgan fingerprint density at radius 2 is 1.77 bits per heavy atom. The van der Waals surface area contributed by atoms with Crippen molar-refractivity contribution in [3.05, 3.63) is 23.8 Å². The highest BCUT2D eigenvalue weighted by Gasteiger charge is 2.36. The molecule has 0 aromatic heterocycles. The molecule has 22 heavy (non-hydrogen) atoms. The van der Waals surface area contributed by atoms with E-state index >= 15 is 0 Å². The first kappa shape index (κ1) is 18.4. The molecular formula is C11H11F3O7S. The van der Waals surface area contributed by atoms with E-state index in [1.165, 1.54) is 0 Å². The van der Waals surface area contributed by atoms with Crippen LogP contribution in [0.1, 0.15) is 5.56 Å². The molecule has 0 radical (unpaired) electrons. The smallest absolute Gasteiger partial charge is 0.420 e. The van der Waals surface area contributed by atoms with Crippen LogP contribution in [0.3, 0.4) is 0 Å². The third-order valence-electron chi connectivity index (χ3n) is 2.54. The first-order valence-electron chi connectivity index (χ1n) is 5.63. The van der Waals surface area contributed by atoms with Crippen LogP contribution in [0.5, 0.6) is 5.75 Å². The zero-order chi connectivity index (χ0) is 17.1. The van der Waals surface area contributed by atoms with Gasteiger partial charge in [0.1, 0.15) is 11.7 Å². The first-order chi connectivity index (χ1) is 10.0. The van der Waals surface area contributed by atoms with Gasteiger partial charge >= 0.3 is 12.1 Å². The van der Waals surface area contributed by atoms with Crippen LogP contribution in [0.4, 0.5) is 13.2 Å². The number of aliphatic hydroxyl groups excluding tert-OH is 2. The van der Waals surface area contributed by atoms with Crippen LogP contribution in [0.2, 0.25) is 0 Å². The van der Waals surface area contributed by atoms with E-state index < -0.39 is 57.6 Å². The van der Waals surface area contributed by atoms with E-state index in [0.717, 1.165) is 0 Å². The van der Waals surface area contributed by atoms with E-state index in [4.69, 9.17) is 14.8 Å². The summed E-state index contributed by atoms with van der Waals surface area (Å²) in [6, 6.07) is 1.25. The van der Waals surface area contributed by atoms with Gasteiger partial charge < -0.3 is 14.9 Å². The third kappa shape index (κ3) is 4.40. The van der Waals surface area contributed by atoms with Gasteiger partial charge in [0.25, 0.3) is 10.1 Å². The van der Waals surface area contributed by atoms with Crippen molar-refractivity contribution in [2.45, 2.75) is 11.1 Å². The number of halogens is 3. The molecule has 11 heteroatoms. The Hall–Kier alpha value is -1.69. The second-order valence-corrected chi connectivity index (χ2v) is 5.54. The molecule has 1 rings (SSSR count). The Morgan fingerprint density at radius 1 is 1.23 bits per heavy atom. The predicted molar refractivity (Wildman–Crippen MR) is 64.6 cm³/mol. The molecule has 0 unspecified atom stereocenters. The minimum Gasteiger partial charge on any atom is -0.426 e. The fourth-order valence-corrected chi connectivity index (χ4v) is 1.89. The highest BCUT2D eigenvalue weighted by molar-refractivity contribution is 7.85. The number of benzene rings is 1. The maximum atomic E-state index is 12.9. The zero-order valence-corrected chi connectivity index (χ0v) is 11.6. The van der Waals surface area contributed by atoms with Crippen molar-refractivity contribution in [3.8, 4) is 5.75 Å². The Kier molecular flexibility index (Phi) is 5.51. The van der Waals surface area contributed by atoms with Gasteiger partial charge in [-0.3, -0.25) is 9.35 Å². The molecule has 0 aliphatic heterocycles. The van der Waals surface area contributed by atoms with Gasteiger partial charge in [0, 0.05) is 0 Å². The van der Waals surface area contributed by atoms with Crippen LogP contribution in [-0.2, 0) is 21.1 Å². The van der Waals surface area contributed by atoms with Crippen LogP contribution in [0, 0.1) is 5.92 Å². The van der Waals surface area contributed by atoms with E-state index in [9.17, 15) is 26.4 Å². The van der Waals surface area contributed by atoms with Gasteiger partial charge in [0.2, 0.25) is 0 Å². The summed E-state index contributed by atoms with van der Waals surface area (Å²) in [4.78, 5) is 10.4. The summed E-state index contributed by atoms with van der Waals surface area (Å²) in [5.74, 6) is -3.78. The topological polar surface area (TPSA) is 121 Å². The molecule has 0 amide bonds. The Labute approximate surface area is 122 Å². The Balaban J connectivity index is 3.28. The number of esters is 1. The summed E-state index contributed by atoms with van der Waals surface area (Å²) in [5.41, 5.74) is -1.61. The summed E-state index contributed by atoms with van der Waals surface area (Å²) in [6.07, 6.45) is -5.07. The SMILES string of the molecule is O=C(Oc1ccc(S(=O)(=O)O)cc1C(F)(F)F)C(CO)CO. The monoisotopic (exact) mass is 344 g/mol. The maximum absolute atomic E-state index is 12.9. The number of alkyl halides is 3. The van der Waals surface area contributed by atoms with Gasteiger partial charge in [-0.2, -0.15) is 21.6 Å². The number of hydrogen-bond donors (Lipinski definition) is 3. The van der Waals surface area contributed by atoms with Crippen LogP contribution in [-0.4, -0.2) is 42.4 Å². The molecule has 0 bridgehead atoms. The largest absolute Gasteiger partial charge is 0.426 e. The molecular weight excluding hydrogens is 333 g/mol. The number of hydrogen-bond acceptors (Lipinski definition) is 6. The lowest BCUT2D eigenvalue weighted by Gasteiger charge is -2.15. The van der Waals surface area contributed by atoms with Gasteiger partial charge in [-0.15, -0.1) is 0 Å². The second kappa shape index (κ2) is 6.60. The molecule has 0 heterocycles.